The predicted molar refractivity (Wildman–Crippen MR) is 181 cm³/mol. The molecule has 0 saturated carbocycles. The van der Waals surface area contributed by atoms with Gasteiger partial charge in [-0.3, -0.25) is 4.79 Å². The van der Waals surface area contributed by atoms with E-state index < -0.39 is 6.04 Å². The molecule has 0 fully saturated rings. The molecule has 4 rings (SSSR count). The SMILES string of the molecule is CN.NC(N)=NC(Cc1cccc2ccccc12)C(=O)NCCCCCCCCOc1ccc(OCc2ccccc2)cc1. The van der Waals surface area contributed by atoms with E-state index in [2.05, 4.69) is 46.4 Å². The third-order valence-corrected chi connectivity index (χ3v) is 7.11. The number of guanidine groups is 1. The highest BCUT2D eigenvalue weighted by molar-refractivity contribution is 5.89. The van der Waals surface area contributed by atoms with Crippen LogP contribution in [0.15, 0.2) is 102 Å². The van der Waals surface area contributed by atoms with E-state index in [1.807, 2.05) is 66.7 Å². The number of nitrogens with two attached hydrogens (primary N) is 3. The topological polar surface area (TPSA) is 138 Å². The molecule has 0 radical (unpaired) electrons. The second-order valence-electron chi connectivity index (χ2n) is 10.4. The number of rotatable bonds is 17. The quantitative estimate of drug-likeness (QED) is 0.0698. The first-order chi connectivity index (χ1) is 21.6. The summed E-state index contributed by atoms with van der Waals surface area (Å²) in [6.07, 6.45) is 6.81. The number of fused-ring (bicyclic) bond motifs is 1. The Kier molecular flexibility index (Phi) is 15.1. The number of nitrogens with zero attached hydrogens (tertiary/aromatic N) is 1. The minimum absolute atomic E-state index is 0.0794. The maximum absolute atomic E-state index is 12.9. The molecule has 8 heteroatoms. The van der Waals surface area contributed by atoms with Crippen molar-refractivity contribution in [1.29, 1.82) is 0 Å². The lowest BCUT2D eigenvalue weighted by Gasteiger charge is -2.15. The van der Waals surface area contributed by atoms with Crippen molar-refractivity contribution in [3.05, 3.63) is 108 Å². The molecule has 0 aliphatic heterocycles. The van der Waals surface area contributed by atoms with Gasteiger partial charge in [0.1, 0.15) is 24.1 Å². The van der Waals surface area contributed by atoms with Crippen molar-refractivity contribution in [3.63, 3.8) is 0 Å². The summed E-state index contributed by atoms with van der Waals surface area (Å²) >= 11 is 0. The Balaban J connectivity index is 0.00000259. The summed E-state index contributed by atoms with van der Waals surface area (Å²) in [5, 5.41) is 5.26. The van der Waals surface area contributed by atoms with Crippen LogP contribution in [0.1, 0.15) is 49.7 Å². The van der Waals surface area contributed by atoms with Gasteiger partial charge < -0.3 is 32.0 Å². The van der Waals surface area contributed by atoms with E-state index in [4.69, 9.17) is 20.9 Å². The Morgan fingerprint density at radius 1 is 0.727 bits per heavy atom. The molecular formula is C36H47N5O3. The first-order valence-electron chi connectivity index (χ1n) is 15.4. The molecule has 0 heterocycles. The van der Waals surface area contributed by atoms with Crippen LogP contribution in [0.5, 0.6) is 11.5 Å². The summed E-state index contributed by atoms with van der Waals surface area (Å²) in [4.78, 5) is 17.1. The highest BCUT2D eigenvalue weighted by Gasteiger charge is 2.19. The van der Waals surface area contributed by atoms with Gasteiger partial charge in [0.05, 0.1) is 6.61 Å². The lowest BCUT2D eigenvalue weighted by Crippen LogP contribution is -2.38. The number of amides is 1. The Hall–Kier alpha value is -4.56. The normalized spacial score (nSPS) is 11.1. The van der Waals surface area contributed by atoms with Crippen LogP contribution in [0.2, 0.25) is 0 Å². The van der Waals surface area contributed by atoms with Crippen LogP contribution in [0.4, 0.5) is 0 Å². The van der Waals surface area contributed by atoms with Crippen molar-refractivity contribution >= 4 is 22.6 Å². The summed E-state index contributed by atoms with van der Waals surface area (Å²) in [5.74, 6) is 1.46. The van der Waals surface area contributed by atoms with Crippen molar-refractivity contribution in [3.8, 4) is 11.5 Å². The molecule has 234 valence electrons. The Morgan fingerprint density at radius 2 is 1.34 bits per heavy atom. The van der Waals surface area contributed by atoms with E-state index in [1.54, 1.807) is 0 Å². The number of hydrogen-bond donors (Lipinski definition) is 4. The van der Waals surface area contributed by atoms with Gasteiger partial charge in [-0.15, -0.1) is 0 Å². The highest BCUT2D eigenvalue weighted by Crippen LogP contribution is 2.21. The van der Waals surface area contributed by atoms with Gasteiger partial charge in [-0.05, 0) is 66.1 Å². The summed E-state index contributed by atoms with van der Waals surface area (Å²) in [6.45, 7) is 1.86. The standard InChI is InChI=1S/C35H42N4O3.CH5N/c36-35(37)39-33(25-29-17-12-16-28-15-8-9-18-32(28)29)34(40)38-23-10-3-1-2-4-11-24-41-30-19-21-31(22-20-30)42-26-27-13-6-5-7-14-27;1-2/h5-9,12-22,33H,1-4,10-11,23-26H2,(H,38,40)(H4,36,37,39);2H2,1H3. The number of carbonyl (C=O) groups excluding carboxylic acids is 1. The molecular weight excluding hydrogens is 550 g/mol. The number of aliphatic imine (C=N–C) groups is 1. The van der Waals surface area contributed by atoms with Gasteiger partial charge in [0.2, 0.25) is 5.91 Å². The van der Waals surface area contributed by atoms with Crippen LogP contribution in [-0.2, 0) is 17.8 Å². The molecule has 0 saturated heterocycles. The molecule has 44 heavy (non-hydrogen) atoms. The van der Waals surface area contributed by atoms with Gasteiger partial charge in [-0.1, -0.05) is 98.5 Å². The molecule has 1 atom stereocenters. The van der Waals surface area contributed by atoms with E-state index >= 15 is 0 Å². The third-order valence-electron chi connectivity index (χ3n) is 7.11. The maximum Gasteiger partial charge on any atom is 0.245 e. The zero-order chi connectivity index (χ0) is 31.4. The molecule has 0 spiro atoms. The molecule has 1 unspecified atom stereocenters. The molecule has 7 N–H and O–H groups in total. The molecule has 0 bridgehead atoms. The fraction of sp³-hybridized carbons (Fsp3) is 0.333. The number of hydrogen-bond acceptors (Lipinski definition) is 5. The summed E-state index contributed by atoms with van der Waals surface area (Å²) in [6, 6.07) is 31.5. The van der Waals surface area contributed by atoms with Crippen molar-refractivity contribution in [1.82, 2.24) is 5.32 Å². The van der Waals surface area contributed by atoms with Crippen LogP contribution in [0.25, 0.3) is 10.8 Å². The van der Waals surface area contributed by atoms with Crippen LogP contribution in [0, 0.1) is 0 Å². The van der Waals surface area contributed by atoms with E-state index in [1.165, 1.54) is 7.05 Å². The number of unbranched alkanes of at least 4 members (excludes halogenated alkanes) is 5. The zero-order valence-corrected chi connectivity index (χ0v) is 25.8. The minimum atomic E-state index is -0.654. The Labute approximate surface area is 261 Å². The number of nitrogens with one attached hydrogen (secondary N) is 1. The van der Waals surface area contributed by atoms with Gasteiger partial charge in [0.15, 0.2) is 5.96 Å². The first kappa shape index (κ1) is 33.9. The van der Waals surface area contributed by atoms with Crippen molar-refractivity contribution in [2.75, 3.05) is 20.2 Å². The summed E-state index contributed by atoms with van der Waals surface area (Å²) in [5.41, 5.74) is 18.0. The average molecular weight is 598 g/mol. The van der Waals surface area contributed by atoms with Gasteiger partial charge in [-0.25, -0.2) is 4.99 Å². The molecule has 0 aliphatic carbocycles. The van der Waals surface area contributed by atoms with Gasteiger partial charge in [-0.2, -0.15) is 0 Å². The van der Waals surface area contributed by atoms with E-state index in [0.29, 0.717) is 26.2 Å². The number of benzene rings is 4. The van der Waals surface area contributed by atoms with Crippen molar-refractivity contribution in [2.24, 2.45) is 22.2 Å². The third kappa shape index (κ3) is 12.0. The molecule has 0 aromatic heterocycles. The maximum atomic E-state index is 12.9. The molecule has 4 aromatic rings. The number of carbonyl (C=O) groups is 1. The van der Waals surface area contributed by atoms with E-state index in [-0.39, 0.29) is 11.9 Å². The largest absolute Gasteiger partial charge is 0.494 e. The van der Waals surface area contributed by atoms with Crippen molar-refractivity contribution < 1.29 is 14.3 Å². The lowest BCUT2D eigenvalue weighted by molar-refractivity contribution is -0.122. The fourth-order valence-corrected chi connectivity index (χ4v) is 4.88. The zero-order valence-electron chi connectivity index (χ0n) is 25.8. The number of ether oxygens (including phenoxy) is 2. The van der Waals surface area contributed by atoms with Crippen LogP contribution in [-0.4, -0.2) is 38.1 Å². The average Bonchev–Trinajstić information content (AvgIpc) is 3.06. The van der Waals surface area contributed by atoms with Crippen LogP contribution >= 0.6 is 0 Å². The Bertz CT molecular complexity index is 1400. The lowest BCUT2D eigenvalue weighted by atomic mass is 9.98. The van der Waals surface area contributed by atoms with Crippen molar-refractivity contribution in [2.45, 2.75) is 57.6 Å². The second-order valence-corrected chi connectivity index (χ2v) is 10.4. The second kappa shape index (κ2) is 19.6. The van der Waals surface area contributed by atoms with Gasteiger partial charge >= 0.3 is 0 Å². The van der Waals surface area contributed by atoms with E-state index in [9.17, 15) is 4.79 Å². The fourth-order valence-electron chi connectivity index (χ4n) is 4.88. The smallest absolute Gasteiger partial charge is 0.245 e. The summed E-state index contributed by atoms with van der Waals surface area (Å²) in [7, 11) is 1.50. The minimum Gasteiger partial charge on any atom is -0.494 e. The highest BCUT2D eigenvalue weighted by atomic mass is 16.5. The Morgan fingerprint density at radius 3 is 2.07 bits per heavy atom. The molecule has 1 amide bonds. The summed E-state index contributed by atoms with van der Waals surface area (Å²) < 4.78 is 11.7. The van der Waals surface area contributed by atoms with Crippen LogP contribution < -0.4 is 32.0 Å². The first-order valence-corrected chi connectivity index (χ1v) is 15.4. The molecule has 4 aromatic carbocycles. The van der Waals surface area contributed by atoms with Gasteiger partial charge in [0.25, 0.3) is 0 Å². The van der Waals surface area contributed by atoms with E-state index in [0.717, 1.165) is 71.9 Å². The molecule has 0 aliphatic rings. The predicted octanol–water partition coefficient (Wildman–Crippen LogP) is 5.71. The monoisotopic (exact) mass is 597 g/mol. The van der Waals surface area contributed by atoms with Gasteiger partial charge in [0, 0.05) is 13.0 Å². The van der Waals surface area contributed by atoms with Crippen LogP contribution in [0.3, 0.4) is 0 Å². The molecule has 8 nitrogen and oxygen atoms in total.